The lowest BCUT2D eigenvalue weighted by molar-refractivity contribution is -0.137. The maximum atomic E-state index is 12.6. The quantitative estimate of drug-likeness (QED) is 0.483. The number of aromatic nitrogens is 2. The predicted molar refractivity (Wildman–Crippen MR) is 115 cm³/mol. The first kappa shape index (κ1) is 21.6. The van der Waals surface area contributed by atoms with Gasteiger partial charge in [0, 0.05) is 31.2 Å². The lowest BCUT2D eigenvalue weighted by Gasteiger charge is -2.19. The van der Waals surface area contributed by atoms with Gasteiger partial charge < -0.3 is 25.4 Å². The van der Waals surface area contributed by atoms with E-state index in [1.54, 1.807) is 43.6 Å². The molecule has 0 aliphatic carbocycles. The molecule has 0 radical (unpaired) electrons. The topological polar surface area (TPSA) is 134 Å². The zero-order chi connectivity index (χ0) is 22.5. The van der Waals surface area contributed by atoms with E-state index in [-0.39, 0.29) is 17.9 Å². The molecule has 31 heavy (non-hydrogen) atoms. The third-order valence-electron chi connectivity index (χ3n) is 4.74. The summed E-state index contributed by atoms with van der Waals surface area (Å²) in [6.07, 6.45) is 4.40. The van der Waals surface area contributed by atoms with E-state index in [9.17, 15) is 24.6 Å². The van der Waals surface area contributed by atoms with E-state index in [1.807, 2.05) is 12.1 Å². The number of aryl methyl sites for hydroxylation is 2. The third-order valence-corrected chi connectivity index (χ3v) is 4.74. The Bertz CT molecular complexity index is 1170. The summed E-state index contributed by atoms with van der Waals surface area (Å²) in [6.45, 7) is 1.59. The number of hydrogen-bond acceptors (Lipinski definition) is 5. The smallest absolute Gasteiger partial charge is 0.319 e. The summed E-state index contributed by atoms with van der Waals surface area (Å²) < 4.78 is 1.23. The summed E-state index contributed by atoms with van der Waals surface area (Å²) in [6, 6.07) is 9.07. The van der Waals surface area contributed by atoms with E-state index in [0.29, 0.717) is 11.1 Å². The van der Waals surface area contributed by atoms with Crippen molar-refractivity contribution in [1.29, 1.82) is 0 Å². The van der Waals surface area contributed by atoms with E-state index >= 15 is 0 Å². The normalized spacial score (nSPS) is 11.5. The molecule has 160 valence electrons. The zero-order valence-electron chi connectivity index (χ0n) is 17.0. The molecule has 0 fully saturated rings. The number of carboxylic acid groups (broad SMARTS) is 1. The highest BCUT2D eigenvalue weighted by Crippen LogP contribution is 2.26. The van der Waals surface area contributed by atoms with Gasteiger partial charge in [-0.3, -0.25) is 14.6 Å². The predicted octanol–water partition coefficient (Wildman–Crippen LogP) is 2.80. The number of rotatable bonds is 6. The molecule has 0 aliphatic heterocycles. The van der Waals surface area contributed by atoms with E-state index in [4.69, 9.17) is 0 Å². The molecule has 2 aromatic heterocycles. The van der Waals surface area contributed by atoms with Crippen molar-refractivity contribution in [3.63, 3.8) is 0 Å². The molecule has 3 rings (SSSR count). The number of carbonyl (C=O) groups excluding carboxylic acids is 1. The number of benzene rings is 1. The number of pyridine rings is 2. The molecular weight excluding hydrogens is 400 g/mol. The molecular formula is C22H22N4O5. The van der Waals surface area contributed by atoms with E-state index in [1.165, 1.54) is 17.8 Å². The SMILES string of the molecule is Cc1cn(C)c(=O)c(NC(=O)N[C@@H](CC(=O)O)c2cccc(-c3cccnc3)c2)c1O. The van der Waals surface area contributed by atoms with Crippen LogP contribution in [-0.2, 0) is 11.8 Å². The van der Waals surface area contributed by atoms with Crippen molar-refractivity contribution in [2.24, 2.45) is 7.05 Å². The van der Waals surface area contributed by atoms with Crippen LogP contribution in [0.25, 0.3) is 11.1 Å². The van der Waals surface area contributed by atoms with Gasteiger partial charge in [0.25, 0.3) is 5.56 Å². The Labute approximate surface area is 178 Å². The number of aromatic hydroxyl groups is 1. The van der Waals surface area contributed by atoms with Gasteiger partial charge in [-0.2, -0.15) is 0 Å². The molecule has 2 amide bonds. The third kappa shape index (κ3) is 5.08. The minimum Gasteiger partial charge on any atom is -0.505 e. The molecule has 0 unspecified atom stereocenters. The van der Waals surface area contributed by atoms with Crippen molar-refractivity contribution in [2.45, 2.75) is 19.4 Å². The minimum absolute atomic E-state index is 0.279. The fourth-order valence-electron chi connectivity index (χ4n) is 3.20. The van der Waals surface area contributed by atoms with Crippen LogP contribution in [0.2, 0.25) is 0 Å². The second-order valence-corrected chi connectivity index (χ2v) is 7.07. The summed E-state index contributed by atoms with van der Waals surface area (Å²) >= 11 is 0. The first-order chi connectivity index (χ1) is 14.8. The largest absolute Gasteiger partial charge is 0.505 e. The number of aliphatic carboxylic acids is 1. The van der Waals surface area contributed by atoms with Gasteiger partial charge in [0.15, 0.2) is 5.69 Å². The first-order valence-electron chi connectivity index (χ1n) is 9.45. The molecule has 0 saturated heterocycles. The number of urea groups is 1. The number of nitrogens with zero attached hydrogens (tertiary/aromatic N) is 2. The van der Waals surface area contributed by atoms with Crippen LogP contribution in [0.3, 0.4) is 0 Å². The first-order valence-corrected chi connectivity index (χ1v) is 9.45. The standard InChI is InChI=1S/C22H22N4O5/c1-13-12-26(2)21(30)19(20(13)29)25-22(31)24-17(10-18(27)28)15-6-3-5-14(9-15)16-7-4-8-23-11-16/h3-9,11-12,17,29H,10H2,1-2H3,(H,27,28)(H2,24,25,31)/t17-/m0/s1. The molecule has 0 aliphatic rings. The Morgan fingerprint density at radius 3 is 2.61 bits per heavy atom. The molecule has 2 heterocycles. The van der Waals surface area contributed by atoms with Gasteiger partial charge >= 0.3 is 12.0 Å². The van der Waals surface area contributed by atoms with Crippen LogP contribution >= 0.6 is 0 Å². The van der Waals surface area contributed by atoms with Crippen LogP contribution < -0.4 is 16.2 Å². The molecule has 0 spiro atoms. The van der Waals surface area contributed by atoms with Crippen molar-refractivity contribution < 1.29 is 19.8 Å². The highest BCUT2D eigenvalue weighted by molar-refractivity contribution is 5.91. The van der Waals surface area contributed by atoms with E-state index < -0.39 is 23.6 Å². The van der Waals surface area contributed by atoms with Crippen LogP contribution in [0.1, 0.15) is 23.6 Å². The lowest BCUT2D eigenvalue weighted by Crippen LogP contribution is -2.36. The lowest BCUT2D eigenvalue weighted by atomic mass is 9.98. The summed E-state index contributed by atoms with van der Waals surface area (Å²) in [4.78, 5) is 40.3. The average Bonchev–Trinajstić information content (AvgIpc) is 2.75. The van der Waals surface area contributed by atoms with Crippen molar-refractivity contribution in [1.82, 2.24) is 14.9 Å². The highest BCUT2D eigenvalue weighted by atomic mass is 16.4. The average molecular weight is 422 g/mol. The molecule has 0 saturated carbocycles. The molecule has 0 bridgehead atoms. The van der Waals surface area contributed by atoms with Crippen LogP contribution in [0, 0.1) is 6.92 Å². The van der Waals surface area contributed by atoms with Gasteiger partial charge in [-0.1, -0.05) is 24.3 Å². The Kier molecular flexibility index (Phi) is 6.35. The van der Waals surface area contributed by atoms with E-state index in [2.05, 4.69) is 15.6 Å². The summed E-state index contributed by atoms with van der Waals surface area (Å²) in [7, 11) is 1.50. The number of amides is 2. The van der Waals surface area contributed by atoms with Crippen molar-refractivity contribution in [3.05, 3.63) is 76.5 Å². The van der Waals surface area contributed by atoms with Crippen LogP contribution in [0.15, 0.2) is 59.8 Å². The van der Waals surface area contributed by atoms with Gasteiger partial charge in [-0.15, -0.1) is 0 Å². The van der Waals surface area contributed by atoms with Crippen molar-refractivity contribution in [2.75, 3.05) is 5.32 Å². The van der Waals surface area contributed by atoms with E-state index in [0.717, 1.165) is 11.1 Å². The highest BCUT2D eigenvalue weighted by Gasteiger charge is 2.21. The Morgan fingerprint density at radius 2 is 1.94 bits per heavy atom. The van der Waals surface area contributed by atoms with Crippen molar-refractivity contribution >= 4 is 17.7 Å². The Hall–Kier alpha value is -4.14. The number of nitrogens with one attached hydrogen (secondary N) is 2. The second kappa shape index (κ2) is 9.12. The molecule has 9 heteroatoms. The fraction of sp³-hybridized carbons (Fsp3) is 0.182. The van der Waals surface area contributed by atoms with Gasteiger partial charge in [-0.25, -0.2) is 4.79 Å². The Morgan fingerprint density at radius 1 is 1.19 bits per heavy atom. The van der Waals surface area contributed by atoms with Crippen LogP contribution in [0.5, 0.6) is 5.75 Å². The summed E-state index contributed by atoms with van der Waals surface area (Å²) in [5.41, 5.74) is 1.76. The van der Waals surface area contributed by atoms with Crippen LogP contribution in [0.4, 0.5) is 10.5 Å². The number of carboxylic acids is 1. The second-order valence-electron chi connectivity index (χ2n) is 7.07. The molecule has 9 nitrogen and oxygen atoms in total. The van der Waals surface area contributed by atoms with Gasteiger partial charge in [-0.05, 0) is 35.7 Å². The minimum atomic E-state index is -1.11. The number of hydrogen-bond donors (Lipinski definition) is 4. The van der Waals surface area contributed by atoms with Gasteiger partial charge in [0.2, 0.25) is 0 Å². The monoisotopic (exact) mass is 422 g/mol. The molecule has 1 aromatic carbocycles. The maximum Gasteiger partial charge on any atom is 0.319 e. The summed E-state index contributed by atoms with van der Waals surface area (Å²) in [5.74, 6) is -1.45. The van der Waals surface area contributed by atoms with Gasteiger partial charge in [0.1, 0.15) is 5.75 Å². The van der Waals surface area contributed by atoms with Crippen LogP contribution in [-0.4, -0.2) is 31.8 Å². The number of carbonyl (C=O) groups is 2. The molecule has 3 aromatic rings. The van der Waals surface area contributed by atoms with Gasteiger partial charge in [0.05, 0.1) is 12.5 Å². The number of anilines is 1. The van der Waals surface area contributed by atoms with Crippen molar-refractivity contribution in [3.8, 4) is 16.9 Å². The maximum absolute atomic E-state index is 12.6. The molecule has 4 N–H and O–H groups in total. The zero-order valence-corrected chi connectivity index (χ0v) is 17.0. The fourth-order valence-corrected chi connectivity index (χ4v) is 3.20. The molecule has 1 atom stereocenters. The Balaban J connectivity index is 1.87. The summed E-state index contributed by atoms with van der Waals surface area (Å²) in [5, 5.41) is 24.4.